The van der Waals surface area contributed by atoms with Gasteiger partial charge in [0.15, 0.2) is 12.1 Å². The molecule has 0 heterocycles. The lowest BCUT2D eigenvalue weighted by atomic mass is 9.98. The lowest BCUT2D eigenvalue weighted by Gasteiger charge is -2.05. The summed E-state index contributed by atoms with van der Waals surface area (Å²) in [6, 6.07) is 5.37. The summed E-state index contributed by atoms with van der Waals surface area (Å²) in [7, 11) is 0. The predicted octanol–water partition coefficient (Wildman–Crippen LogP) is 6.18. The van der Waals surface area contributed by atoms with Gasteiger partial charge in [-0.05, 0) is 38.7 Å². The third-order valence-corrected chi connectivity index (χ3v) is 4.30. The Morgan fingerprint density at radius 2 is 1.57 bits per heavy atom. The number of ketones is 3. The van der Waals surface area contributed by atoms with Gasteiger partial charge in [-0.1, -0.05) is 52.8 Å². The maximum Gasteiger partial charge on any atom is 0.163 e. The molecule has 0 aliphatic heterocycles. The molecule has 4 heteroatoms. The van der Waals surface area contributed by atoms with Gasteiger partial charge < -0.3 is 0 Å². The Labute approximate surface area is 171 Å². The third kappa shape index (κ3) is 11.6. The number of aldehydes is 1. The summed E-state index contributed by atoms with van der Waals surface area (Å²) in [4.78, 5) is 44.3. The standard InChI is InChI=1S/C12H14O2.C10H18O2.C2H6/c1-3-5-12(14)10-7-4-6-9(2)11(10)8-13;1-4-5-10(12)7-6-8(2)9(3)11;1-2/h4,6-8H,3,5H2,1-2H3;8H,4-7H2,1-3H3;1-2H3. The number of Topliss-reactive ketones (excluding diaryl/α,β-unsaturated/α-hetero) is 3. The van der Waals surface area contributed by atoms with Crippen LogP contribution < -0.4 is 0 Å². The highest BCUT2D eigenvalue weighted by molar-refractivity contribution is 6.03. The smallest absolute Gasteiger partial charge is 0.163 e. The molecule has 0 spiro atoms. The van der Waals surface area contributed by atoms with Crippen molar-refractivity contribution in [2.45, 2.75) is 87.0 Å². The minimum Gasteiger partial charge on any atom is -0.300 e. The van der Waals surface area contributed by atoms with E-state index in [9.17, 15) is 19.2 Å². The van der Waals surface area contributed by atoms with Crippen molar-refractivity contribution in [1.82, 2.24) is 0 Å². The molecule has 1 unspecified atom stereocenters. The Balaban J connectivity index is 0. The van der Waals surface area contributed by atoms with Crippen LogP contribution in [0.3, 0.4) is 0 Å². The summed E-state index contributed by atoms with van der Waals surface area (Å²) in [5.74, 6) is 0.564. The predicted molar refractivity (Wildman–Crippen MR) is 116 cm³/mol. The van der Waals surface area contributed by atoms with Gasteiger partial charge in [-0.15, -0.1) is 0 Å². The molecular weight excluding hydrogens is 352 g/mol. The van der Waals surface area contributed by atoms with Gasteiger partial charge in [0.2, 0.25) is 0 Å². The average Bonchev–Trinajstić information content (AvgIpc) is 2.68. The topological polar surface area (TPSA) is 68.3 Å². The number of aryl methyl sites for hydroxylation is 1. The van der Waals surface area contributed by atoms with E-state index in [1.807, 2.05) is 53.7 Å². The molecular formula is C24H38O4. The van der Waals surface area contributed by atoms with Gasteiger partial charge in [-0.2, -0.15) is 0 Å². The quantitative estimate of drug-likeness (QED) is 0.353. The molecule has 28 heavy (non-hydrogen) atoms. The van der Waals surface area contributed by atoms with Gasteiger partial charge in [0.05, 0.1) is 0 Å². The first-order valence-corrected chi connectivity index (χ1v) is 10.4. The zero-order valence-electron chi connectivity index (χ0n) is 18.8. The monoisotopic (exact) mass is 390 g/mol. The van der Waals surface area contributed by atoms with E-state index in [1.165, 1.54) is 0 Å². The zero-order chi connectivity index (χ0) is 22.1. The maximum absolute atomic E-state index is 11.6. The summed E-state index contributed by atoms with van der Waals surface area (Å²) in [5.41, 5.74) is 1.95. The molecule has 0 aromatic heterocycles. The molecule has 0 fully saturated rings. The average molecular weight is 391 g/mol. The van der Waals surface area contributed by atoms with Gasteiger partial charge in [-0.25, -0.2) is 0 Å². The highest BCUT2D eigenvalue weighted by Gasteiger charge is 2.11. The van der Waals surface area contributed by atoms with E-state index in [0.717, 1.165) is 24.7 Å². The fraction of sp³-hybridized carbons (Fsp3) is 0.583. The van der Waals surface area contributed by atoms with E-state index in [2.05, 4.69) is 0 Å². The van der Waals surface area contributed by atoms with Crippen LogP contribution in [0.5, 0.6) is 0 Å². The van der Waals surface area contributed by atoms with Crippen molar-refractivity contribution in [3.63, 3.8) is 0 Å². The molecule has 0 radical (unpaired) electrons. The van der Waals surface area contributed by atoms with Crippen LogP contribution in [0.15, 0.2) is 18.2 Å². The summed E-state index contributed by atoms with van der Waals surface area (Å²) in [6.45, 7) is 13.2. The number of carbonyl (C=O) groups is 4. The normalized spacial score (nSPS) is 10.5. The van der Waals surface area contributed by atoms with E-state index in [4.69, 9.17) is 0 Å². The highest BCUT2D eigenvalue weighted by Crippen LogP contribution is 2.14. The maximum atomic E-state index is 11.6. The Morgan fingerprint density at radius 1 is 1.00 bits per heavy atom. The van der Waals surface area contributed by atoms with Gasteiger partial charge in [-0.3, -0.25) is 19.2 Å². The molecule has 0 aliphatic rings. The summed E-state index contributed by atoms with van der Waals surface area (Å²) < 4.78 is 0. The Hall–Kier alpha value is -2.10. The van der Waals surface area contributed by atoms with Crippen LogP contribution in [0, 0.1) is 12.8 Å². The first-order valence-electron chi connectivity index (χ1n) is 10.4. The summed E-state index contributed by atoms with van der Waals surface area (Å²) in [6.07, 6.45) is 4.92. The molecule has 1 atom stereocenters. The SMILES string of the molecule is CC.CCCC(=O)CCC(C)C(C)=O.CCCC(=O)c1cccc(C)c1C=O. The van der Waals surface area contributed by atoms with Gasteiger partial charge in [0.1, 0.15) is 11.6 Å². The Kier molecular flexibility index (Phi) is 17.1. The van der Waals surface area contributed by atoms with Crippen molar-refractivity contribution >= 4 is 23.6 Å². The lowest BCUT2D eigenvalue weighted by molar-refractivity contribution is -0.121. The second-order valence-corrected chi connectivity index (χ2v) is 6.67. The highest BCUT2D eigenvalue weighted by atomic mass is 16.1. The van der Waals surface area contributed by atoms with Crippen molar-refractivity contribution in [2.75, 3.05) is 0 Å². The Morgan fingerprint density at radius 3 is 2.04 bits per heavy atom. The van der Waals surface area contributed by atoms with Crippen molar-refractivity contribution in [1.29, 1.82) is 0 Å². The second kappa shape index (κ2) is 17.0. The number of rotatable bonds is 10. The number of hydrogen-bond acceptors (Lipinski definition) is 4. The van der Waals surface area contributed by atoms with E-state index in [1.54, 1.807) is 13.0 Å². The van der Waals surface area contributed by atoms with Crippen LogP contribution in [0.2, 0.25) is 0 Å². The fourth-order valence-electron chi connectivity index (χ4n) is 2.43. The third-order valence-electron chi connectivity index (χ3n) is 4.30. The van der Waals surface area contributed by atoms with Crippen molar-refractivity contribution in [2.24, 2.45) is 5.92 Å². The molecule has 0 bridgehead atoms. The largest absolute Gasteiger partial charge is 0.300 e. The molecule has 0 amide bonds. The molecule has 0 N–H and O–H groups in total. The van der Waals surface area contributed by atoms with Crippen molar-refractivity contribution in [3.8, 4) is 0 Å². The first-order chi connectivity index (χ1) is 13.3. The minimum atomic E-state index is 0.0470. The van der Waals surface area contributed by atoms with E-state index in [0.29, 0.717) is 36.8 Å². The van der Waals surface area contributed by atoms with E-state index in [-0.39, 0.29) is 23.3 Å². The summed E-state index contributed by atoms with van der Waals surface area (Å²) >= 11 is 0. The van der Waals surface area contributed by atoms with Gasteiger partial charge in [0.25, 0.3) is 0 Å². The number of hydrogen-bond donors (Lipinski definition) is 0. The van der Waals surface area contributed by atoms with E-state index >= 15 is 0 Å². The van der Waals surface area contributed by atoms with Crippen LogP contribution in [-0.2, 0) is 9.59 Å². The first kappa shape index (κ1) is 28.1. The molecule has 0 saturated carbocycles. The number of carbonyl (C=O) groups excluding carboxylic acids is 4. The van der Waals surface area contributed by atoms with Crippen LogP contribution in [-0.4, -0.2) is 23.6 Å². The van der Waals surface area contributed by atoms with Crippen molar-refractivity contribution < 1.29 is 19.2 Å². The summed E-state index contributed by atoms with van der Waals surface area (Å²) in [5, 5.41) is 0. The molecule has 4 nitrogen and oxygen atoms in total. The molecule has 1 rings (SSSR count). The molecule has 158 valence electrons. The Bertz CT molecular complexity index is 617. The molecule has 1 aromatic carbocycles. The van der Waals surface area contributed by atoms with Gasteiger partial charge in [0, 0.05) is 36.3 Å². The van der Waals surface area contributed by atoms with E-state index < -0.39 is 0 Å². The molecule has 0 saturated heterocycles. The lowest BCUT2D eigenvalue weighted by Crippen LogP contribution is -2.08. The van der Waals surface area contributed by atoms with Crippen LogP contribution >= 0.6 is 0 Å². The molecule has 1 aromatic rings. The minimum absolute atomic E-state index is 0.0470. The van der Waals surface area contributed by atoms with Crippen LogP contribution in [0.4, 0.5) is 0 Å². The van der Waals surface area contributed by atoms with Crippen LogP contribution in [0.1, 0.15) is 106 Å². The fourth-order valence-corrected chi connectivity index (χ4v) is 2.43. The van der Waals surface area contributed by atoms with Gasteiger partial charge >= 0.3 is 0 Å². The van der Waals surface area contributed by atoms with Crippen molar-refractivity contribution in [3.05, 3.63) is 34.9 Å². The molecule has 0 aliphatic carbocycles. The number of benzene rings is 1. The van der Waals surface area contributed by atoms with Crippen LogP contribution in [0.25, 0.3) is 0 Å². The zero-order valence-corrected chi connectivity index (χ0v) is 18.8. The second-order valence-electron chi connectivity index (χ2n) is 6.67.